The fourth-order valence-electron chi connectivity index (χ4n) is 1.06. The molecule has 0 saturated carbocycles. The number of hydrogen-bond donors (Lipinski definition) is 0. The fraction of sp³-hybridized carbons (Fsp3) is 0.750. The van der Waals surface area contributed by atoms with Crippen molar-refractivity contribution in [3.63, 3.8) is 0 Å². The number of nitrogens with zero attached hydrogens (tertiary/aromatic N) is 3. The first-order chi connectivity index (χ1) is 5.66. The van der Waals surface area contributed by atoms with Crippen molar-refractivity contribution in [2.24, 2.45) is 0 Å². The van der Waals surface area contributed by atoms with Crippen molar-refractivity contribution in [2.75, 3.05) is 0 Å². The third-order valence-electron chi connectivity index (χ3n) is 1.73. The van der Waals surface area contributed by atoms with E-state index in [1.54, 1.807) is 6.33 Å². The van der Waals surface area contributed by atoms with Crippen molar-refractivity contribution in [1.82, 2.24) is 14.8 Å². The molecule has 1 unspecified atom stereocenters. The van der Waals surface area contributed by atoms with Gasteiger partial charge in [0, 0.05) is 6.04 Å². The van der Waals surface area contributed by atoms with Crippen molar-refractivity contribution in [3.8, 4) is 0 Å². The number of alkyl halides is 1. The number of hydrogen-bond acceptors (Lipinski definition) is 2. The molecule has 0 saturated heterocycles. The predicted octanol–water partition coefficient (Wildman–Crippen LogP) is 2.55. The van der Waals surface area contributed by atoms with Crippen LogP contribution >= 0.6 is 11.6 Å². The highest BCUT2D eigenvalue weighted by molar-refractivity contribution is 6.20. The Balaban J connectivity index is 2.91. The molecule has 0 aliphatic heterocycles. The van der Waals surface area contributed by atoms with E-state index in [2.05, 4.69) is 23.9 Å². The quantitative estimate of drug-likeness (QED) is 0.681. The van der Waals surface area contributed by atoms with Crippen molar-refractivity contribution < 1.29 is 0 Å². The van der Waals surface area contributed by atoms with Gasteiger partial charge >= 0.3 is 0 Å². The molecule has 0 aliphatic rings. The summed E-state index contributed by atoms with van der Waals surface area (Å²) in [6.45, 7) is 6.17. The molecule has 0 N–H and O–H groups in total. The molecule has 0 bridgehead atoms. The molecule has 0 aliphatic carbocycles. The van der Waals surface area contributed by atoms with E-state index in [4.69, 9.17) is 11.6 Å². The van der Waals surface area contributed by atoms with Crippen LogP contribution < -0.4 is 0 Å². The van der Waals surface area contributed by atoms with Crippen LogP contribution in [0.4, 0.5) is 0 Å². The Hall–Kier alpha value is -0.570. The Labute approximate surface area is 77.8 Å². The van der Waals surface area contributed by atoms with Crippen LogP contribution in [0.1, 0.15) is 44.4 Å². The van der Waals surface area contributed by atoms with Crippen LogP contribution in [0.15, 0.2) is 6.33 Å². The summed E-state index contributed by atoms with van der Waals surface area (Å²) in [5, 5.41) is 4.09. The third kappa shape index (κ3) is 1.78. The van der Waals surface area contributed by atoms with Crippen molar-refractivity contribution >= 4 is 11.6 Å². The highest BCUT2D eigenvalue weighted by Gasteiger charge is 2.14. The molecular formula is C8H14ClN3. The molecule has 0 fully saturated rings. The maximum atomic E-state index is 6.06. The lowest BCUT2D eigenvalue weighted by Gasteiger charge is -2.11. The van der Waals surface area contributed by atoms with Crippen LogP contribution in [-0.2, 0) is 0 Å². The molecular weight excluding hydrogens is 174 g/mol. The maximum absolute atomic E-state index is 6.06. The number of aromatic nitrogens is 3. The maximum Gasteiger partial charge on any atom is 0.145 e. The molecule has 0 aromatic carbocycles. The number of rotatable bonds is 3. The Morgan fingerprint density at radius 2 is 2.25 bits per heavy atom. The summed E-state index contributed by atoms with van der Waals surface area (Å²) in [4.78, 5) is 4.13. The minimum atomic E-state index is -0.0186. The van der Waals surface area contributed by atoms with E-state index in [1.165, 1.54) is 0 Å². The zero-order chi connectivity index (χ0) is 9.14. The lowest BCUT2D eigenvalue weighted by molar-refractivity contribution is 0.499. The van der Waals surface area contributed by atoms with Gasteiger partial charge in [0.15, 0.2) is 0 Å². The molecule has 1 atom stereocenters. The molecule has 1 rings (SSSR count). The summed E-state index contributed by atoms with van der Waals surface area (Å²) in [7, 11) is 0. The Morgan fingerprint density at radius 3 is 2.75 bits per heavy atom. The first-order valence-corrected chi connectivity index (χ1v) is 4.64. The Bertz CT molecular complexity index is 244. The zero-order valence-electron chi connectivity index (χ0n) is 7.66. The zero-order valence-corrected chi connectivity index (χ0v) is 8.41. The van der Waals surface area contributed by atoms with Crippen LogP contribution in [0.3, 0.4) is 0 Å². The van der Waals surface area contributed by atoms with Gasteiger partial charge in [0.1, 0.15) is 12.2 Å². The van der Waals surface area contributed by atoms with Crippen LogP contribution in [0.2, 0.25) is 0 Å². The second-order valence-corrected chi connectivity index (χ2v) is 3.56. The van der Waals surface area contributed by atoms with Crippen molar-refractivity contribution in [1.29, 1.82) is 0 Å². The smallest absolute Gasteiger partial charge is 0.145 e. The summed E-state index contributed by atoms with van der Waals surface area (Å²) in [6.07, 6.45) is 2.44. The van der Waals surface area contributed by atoms with Gasteiger partial charge in [-0.15, -0.1) is 11.6 Å². The average molecular weight is 188 g/mol. The highest BCUT2D eigenvalue weighted by Crippen LogP contribution is 2.22. The summed E-state index contributed by atoms with van der Waals surface area (Å²) in [5.74, 6) is 0.870. The summed E-state index contributed by atoms with van der Waals surface area (Å²) in [5.41, 5.74) is 0. The van der Waals surface area contributed by atoms with E-state index in [0.717, 1.165) is 12.2 Å². The first-order valence-electron chi connectivity index (χ1n) is 4.20. The third-order valence-corrected chi connectivity index (χ3v) is 2.23. The van der Waals surface area contributed by atoms with E-state index in [-0.39, 0.29) is 5.38 Å². The van der Waals surface area contributed by atoms with Gasteiger partial charge in [-0.1, -0.05) is 6.92 Å². The molecule has 3 nitrogen and oxygen atoms in total. The normalized spacial score (nSPS) is 13.8. The molecule has 68 valence electrons. The van der Waals surface area contributed by atoms with Gasteiger partial charge in [0.2, 0.25) is 0 Å². The second kappa shape index (κ2) is 3.90. The Kier molecular flexibility index (Phi) is 3.09. The van der Waals surface area contributed by atoms with E-state index in [1.807, 2.05) is 11.6 Å². The van der Waals surface area contributed by atoms with E-state index in [9.17, 15) is 0 Å². The monoisotopic (exact) mass is 187 g/mol. The van der Waals surface area contributed by atoms with Crippen LogP contribution in [0.5, 0.6) is 0 Å². The molecule has 0 radical (unpaired) electrons. The van der Waals surface area contributed by atoms with Crippen LogP contribution in [0.25, 0.3) is 0 Å². The van der Waals surface area contributed by atoms with Gasteiger partial charge < -0.3 is 0 Å². The average Bonchev–Trinajstić information content (AvgIpc) is 2.50. The van der Waals surface area contributed by atoms with Crippen molar-refractivity contribution in [3.05, 3.63) is 12.2 Å². The predicted molar refractivity (Wildman–Crippen MR) is 49.3 cm³/mol. The topological polar surface area (TPSA) is 30.7 Å². The van der Waals surface area contributed by atoms with Gasteiger partial charge in [0.25, 0.3) is 0 Å². The van der Waals surface area contributed by atoms with Crippen LogP contribution in [0, 0.1) is 0 Å². The molecule has 12 heavy (non-hydrogen) atoms. The highest BCUT2D eigenvalue weighted by atomic mass is 35.5. The van der Waals surface area contributed by atoms with E-state index in [0.29, 0.717) is 6.04 Å². The van der Waals surface area contributed by atoms with Gasteiger partial charge in [-0.2, -0.15) is 5.10 Å². The number of halogens is 1. The molecule has 4 heteroatoms. The lowest BCUT2D eigenvalue weighted by Crippen LogP contribution is -2.09. The summed E-state index contributed by atoms with van der Waals surface area (Å²) >= 11 is 6.06. The van der Waals surface area contributed by atoms with Gasteiger partial charge in [0.05, 0.1) is 5.38 Å². The molecule has 0 amide bonds. The minimum Gasteiger partial charge on any atom is -0.246 e. The molecule has 1 aromatic rings. The van der Waals surface area contributed by atoms with Gasteiger partial charge in [-0.3, -0.25) is 0 Å². The summed E-state index contributed by atoms with van der Waals surface area (Å²) < 4.78 is 1.86. The Morgan fingerprint density at radius 1 is 1.58 bits per heavy atom. The molecule has 1 heterocycles. The van der Waals surface area contributed by atoms with E-state index >= 15 is 0 Å². The van der Waals surface area contributed by atoms with E-state index < -0.39 is 0 Å². The SMILES string of the molecule is CCC(Cl)c1ncnn1C(C)C. The van der Waals surface area contributed by atoms with Gasteiger partial charge in [-0.05, 0) is 20.3 Å². The van der Waals surface area contributed by atoms with Crippen molar-refractivity contribution in [2.45, 2.75) is 38.6 Å². The minimum absolute atomic E-state index is 0.0186. The standard InChI is InChI=1S/C8H14ClN3/c1-4-7(9)8-10-5-11-12(8)6(2)3/h5-7H,4H2,1-3H3. The lowest BCUT2D eigenvalue weighted by atomic mass is 10.3. The molecule has 0 spiro atoms. The largest absolute Gasteiger partial charge is 0.246 e. The van der Waals surface area contributed by atoms with Gasteiger partial charge in [-0.25, -0.2) is 9.67 Å². The second-order valence-electron chi connectivity index (χ2n) is 3.03. The fourth-order valence-corrected chi connectivity index (χ4v) is 1.22. The van der Waals surface area contributed by atoms with Crippen LogP contribution in [-0.4, -0.2) is 14.8 Å². The molecule has 1 aromatic heterocycles. The summed E-state index contributed by atoms with van der Waals surface area (Å²) in [6, 6.07) is 0.329. The first kappa shape index (κ1) is 9.52.